The first-order valence-electron chi connectivity index (χ1n) is 2.74. The third-order valence-electron chi connectivity index (χ3n) is 1.13. The van der Waals surface area contributed by atoms with Crippen molar-refractivity contribution >= 4 is 23.2 Å². The van der Waals surface area contributed by atoms with Gasteiger partial charge in [-0.05, 0) is 11.8 Å². The number of hydrogen-bond donors (Lipinski definition) is 0. The van der Waals surface area contributed by atoms with Gasteiger partial charge in [0.25, 0.3) is 0 Å². The molecule has 0 aliphatic heterocycles. The standard InChI is InChI=1S/C6H12Cl2/c1-6(2,5-8)3-4-7/h3-5H2,1-2H3. The first kappa shape index (κ1) is 8.58. The quantitative estimate of drug-likeness (QED) is 0.549. The molecule has 0 radical (unpaired) electrons. The number of hydrogen-bond acceptors (Lipinski definition) is 0. The molecule has 0 amide bonds. The van der Waals surface area contributed by atoms with E-state index in [0.717, 1.165) is 6.42 Å². The van der Waals surface area contributed by atoms with E-state index >= 15 is 0 Å². The highest BCUT2D eigenvalue weighted by molar-refractivity contribution is 6.19. The van der Waals surface area contributed by atoms with E-state index in [-0.39, 0.29) is 5.41 Å². The van der Waals surface area contributed by atoms with Gasteiger partial charge in [-0.1, -0.05) is 13.8 Å². The molecule has 0 fully saturated rings. The molecular weight excluding hydrogens is 143 g/mol. The van der Waals surface area contributed by atoms with Gasteiger partial charge in [0.05, 0.1) is 0 Å². The number of rotatable bonds is 3. The Kier molecular flexibility index (Phi) is 3.84. The highest BCUT2D eigenvalue weighted by Gasteiger charge is 2.14. The van der Waals surface area contributed by atoms with Crippen LogP contribution in [0.25, 0.3) is 0 Å². The van der Waals surface area contributed by atoms with Crippen LogP contribution in [0.2, 0.25) is 0 Å². The predicted octanol–water partition coefficient (Wildman–Crippen LogP) is 2.88. The van der Waals surface area contributed by atoms with Gasteiger partial charge in [0.2, 0.25) is 0 Å². The van der Waals surface area contributed by atoms with Crippen molar-refractivity contribution in [3.8, 4) is 0 Å². The van der Waals surface area contributed by atoms with E-state index < -0.39 is 0 Å². The summed E-state index contributed by atoms with van der Waals surface area (Å²) in [4.78, 5) is 0. The lowest BCUT2D eigenvalue weighted by molar-refractivity contribution is 0.407. The van der Waals surface area contributed by atoms with Crippen molar-refractivity contribution < 1.29 is 0 Å². The van der Waals surface area contributed by atoms with Crippen LogP contribution in [0.4, 0.5) is 0 Å². The summed E-state index contributed by atoms with van der Waals surface area (Å²) in [5.41, 5.74) is 0.226. The smallest absolute Gasteiger partial charge is 0.0275 e. The third-order valence-corrected chi connectivity index (χ3v) is 2.05. The molecule has 0 aromatic heterocycles. The Balaban J connectivity index is 3.37. The van der Waals surface area contributed by atoms with Crippen molar-refractivity contribution in [2.75, 3.05) is 11.8 Å². The van der Waals surface area contributed by atoms with Crippen LogP contribution < -0.4 is 0 Å². The van der Waals surface area contributed by atoms with E-state index in [4.69, 9.17) is 23.2 Å². The second-order valence-corrected chi connectivity index (χ2v) is 3.38. The molecule has 0 N–H and O–H groups in total. The first-order valence-corrected chi connectivity index (χ1v) is 3.81. The summed E-state index contributed by atoms with van der Waals surface area (Å²) in [6.45, 7) is 4.23. The zero-order valence-corrected chi connectivity index (χ0v) is 6.89. The highest BCUT2D eigenvalue weighted by atomic mass is 35.5. The minimum Gasteiger partial charge on any atom is -0.127 e. The zero-order valence-electron chi connectivity index (χ0n) is 5.38. The molecule has 0 saturated carbocycles. The van der Waals surface area contributed by atoms with Crippen LogP contribution in [0.1, 0.15) is 20.3 Å². The Bertz CT molecular complexity index is 59.5. The van der Waals surface area contributed by atoms with Crippen LogP contribution in [-0.4, -0.2) is 11.8 Å². The predicted molar refractivity (Wildman–Crippen MR) is 39.8 cm³/mol. The maximum atomic E-state index is 5.61. The van der Waals surface area contributed by atoms with Crippen LogP contribution >= 0.6 is 23.2 Å². The van der Waals surface area contributed by atoms with Crippen molar-refractivity contribution in [3.05, 3.63) is 0 Å². The second-order valence-electron chi connectivity index (χ2n) is 2.74. The third kappa shape index (κ3) is 3.57. The molecule has 8 heavy (non-hydrogen) atoms. The molecule has 0 aliphatic carbocycles. The summed E-state index contributed by atoms with van der Waals surface area (Å²) in [5, 5.41) is 0. The number of alkyl halides is 2. The second kappa shape index (κ2) is 3.58. The summed E-state index contributed by atoms with van der Waals surface area (Å²) >= 11 is 11.1. The summed E-state index contributed by atoms with van der Waals surface area (Å²) in [6, 6.07) is 0. The molecule has 0 aliphatic rings. The Morgan fingerprint density at radius 3 is 1.88 bits per heavy atom. The van der Waals surface area contributed by atoms with E-state index in [2.05, 4.69) is 13.8 Å². The first-order chi connectivity index (χ1) is 3.62. The van der Waals surface area contributed by atoms with Gasteiger partial charge in [0.1, 0.15) is 0 Å². The Morgan fingerprint density at radius 1 is 1.25 bits per heavy atom. The largest absolute Gasteiger partial charge is 0.127 e. The molecule has 0 aromatic carbocycles. The summed E-state index contributed by atoms with van der Waals surface area (Å²) in [5.74, 6) is 1.40. The van der Waals surface area contributed by atoms with Gasteiger partial charge in [0.15, 0.2) is 0 Å². The zero-order chi connectivity index (χ0) is 6.62. The van der Waals surface area contributed by atoms with E-state index in [1.54, 1.807) is 0 Å². The van der Waals surface area contributed by atoms with Crippen LogP contribution in [0.15, 0.2) is 0 Å². The normalized spacial score (nSPS) is 12.0. The van der Waals surface area contributed by atoms with Gasteiger partial charge >= 0.3 is 0 Å². The minimum atomic E-state index is 0.226. The lowest BCUT2D eigenvalue weighted by Gasteiger charge is -2.18. The maximum absolute atomic E-state index is 5.61. The van der Waals surface area contributed by atoms with Gasteiger partial charge in [-0.25, -0.2) is 0 Å². The van der Waals surface area contributed by atoms with Gasteiger partial charge < -0.3 is 0 Å². The van der Waals surface area contributed by atoms with Crippen molar-refractivity contribution in [2.45, 2.75) is 20.3 Å². The molecule has 0 spiro atoms. The lowest BCUT2D eigenvalue weighted by atomic mass is 9.93. The molecular formula is C6H12Cl2. The average Bonchev–Trinajstić information content (AvgIpc) is 1.67. The lowest BCUT2D eigenvalue weighted by Crippen LogP contribution is -2.13. The van der Waals surface area contributed by atoms with Crippen molar-refractivity contribution in [2.24, 2.45) is 5.41 Å². The molecule has 0 atom stereocenters. The van der Waals surface area contributed by atoms with Crippen LogP contribution in [-0.2, 0) is 0 Å². The SMILES string of the molecule is CC(C)(CCl)CCCl. The molecule has 50 valence electrons. The van der Waals surface area contributed by atoms with Crippen molar-refractivity contribution in [3.63, 3.8) is 0 Å². The minimum absolute atomic E-state index is 0.226. The molecule has 0 aromatic rings. The average molecular weight is 155 g/mol. The molecule has 0 heterocycles. The van der Waals surface area contributed by atoms with Gasteiger partial charge in [0, 0.05) is 11.8 Å². The van der Waals surface area contributed by atoms with Crippen molar-refractivity contribution in [1.29, 1.82) is 0 Å². The summed E-state index contributed by atoms with van der Waals surface area (Å²) in [6.07, 6.45) is 0.998. The molecule has 0 rings (SSSR count). The Hall–Kier alpha value is 0.580. The molecule has 0 bridgehead atoms. The molecule has 0 saturated heterocycles. The fourth-order valence-corrected chi connectivity index (χ4v) is 0.968. The van der Waals surface area contributed by atoms with Gasteiger partial charge in [-0.15, -0.1) is 23.2 Å². The van der Waals surface area contributed by atoms with E-state index in [0.29, 0.717) is 11.8 Å². The Morgan fingerprint density at radius 2 is 1.75 bits per heavy atom. The van der Waals surface area contributed by atoms with Crippen molar-refractivity contribution in [1.82, 2.24) is 0 Å². The Labute approximate surface area is 61.2 Å². The summed E-state index contributed by atoms with van der Waals surface area (Å²) in [7, 11) is 0. The molecule has 2 heteroatoms. The van der Waals surface area contributed by atoms with Crippen LogP contribution in [0.5, 0.6) is 0 Å². The molecule has 0 unspecified atom stereocenters. The van der Waals surface area contributed by atoms with Crippen LogP contribution in [0.3, 0.4) is 0 Å². The number of halogens is 2. The van der Waals surface area contributed by atoms with E-state index in [1.165, 1.54) is 0 Å². The fraction of sp³-hybridized carbons (Fsp3) is 1.00. The van der Waals surface area contributed by atoms with Crippen LogP contribution in [0, 0.1) is 5.41 Å². The maximum Gasteiger partial charge on any atom is 0.0275 e. The topological polar surface area (TPSA) is 0 Å². The fourth-order valence-electron chi connectivity index (χ4n) is 0.323. The van der Waals surface area contributed by atoms with E-state index in [9.17, 15) is 0 Å². The molecule has 0 nitrogen and oxygen atoms in total. The van der Waals surface area contributed by atoms with Gasteiger partial charge in [-0.2, -0.15) is 0 Å². The highest BCUT2D eigenvalue weighted by Crippen LogP contribution is 2.21. The van der Waals surface area contributed by atoms with Gasteiger partial charge in [-0.3, -0.25) is 0 Å². The monoisotopic (exact) mass is 154 g/mol. The summed E-state index contributed by atoms with van der Waals surface area (Å²) < 4.78 is 0. The van der Waals surface area contributed by atoms with E-state index in [1.807, 2.05) is 0 Å².